The molecule has 0 spiro atoms. The van der Waals surface area contributed by atoms with Gasteiger partial charge < -0.3 is 19.1 Å². The Morgan fingerprint density at radius 3 is 2.38 bits per heavy atom. The normalized spacial score (nSPS) is 20.2. The number of likely N-dealkylation sites (tertiary alicyclic amines) is 1. The van der Waals surface area contributed by atoms with Gasteiger partial charge in [0.05, 0.1) is 25.0 Å². The first-order chi connectivity index (χ1) is 16.1. The average molecular weight is 499 g/mol. The summed E-state index contributed by atoms with van der Waals surface area (Å²) in [4.78, 5) is 40.8. The van der Waals surface area contributed by atoms with Gasteiger partial charge in [0.1, 0.15) is 10.6 Å². The minimum atomic E-state index is -3.84. The molecule has 11 nitrogen and oxygen atoms in total. The lowest BCUT2D eigenvalue weighted by atomic mass is 9.96. The fourth-order valence-electron chi connectivity index (χ4n) is 4.65. The first kappa shape index (κ1) is 26.1. The second-order valence-electron chi connectivity index (χ2n) is 8.96. The number of piperidine rings is 2. The molecule has 0 radical (unpaired) electrons. The Labute approximate surface area is 200 Å². The summed E-state index contributed by atoms with van der Waals surface area (Å²) in [6, 6.07) is 0. The summed E-state index contributed by atoms with van der Waals surface area (Å²) in [5.74, 6) is -1.18. The molecule has 2 aliphatic rings. The second-order valence-corrected chi connectivity index (χ2v) is 10.8. The number of ether oxygens (including phenoxy) is 1. The zero-order valence-corrected chi connectivity index (χ0v) is 21.1. The van der Waals surface area contributed by atoms with Crippen molar-refractivity contribution in [3.63, 3.8) is 0 Å². The number of hydrogen-bond donors (Lipinski definition) is 0. The third-order valence-corrected chi connectivity index (χ3v) is 8.63. The van der Waals surface area contributed by atoms with Crippen molar-refractivity contribution < 1.29 is 32.1 Å². The van der Waals surface area contributed by atoms with Gasteiger partial charge in [-0.05, 0) is 46.5 Å². The Kier molecular flexibility index (Phi) is 8.34. The van der Waals surface area contributed by atoms with Crippen LogP contribution in [-0.2, 0) is 29.1 Å². The van der Waals surface area contributed by atoms with Crippen LogP contribution >= 0.6 is 0 Å². The van der Waals surface area contributed by atoms with Gasteiger partial charge in [-0.1, -0.05) is 5.16 Å². The topological polar surface area (TPSA) is 130 Å². The Bertz CT molecular complexity index is 995. The summed E-state index contributed by atoms with van der Waals surface area (Å²) >= 11 is 0. The van der Waals surface area contributed by atoms with Crippen molar-refractivity contribution in [2.75, 3.05) is 46.4 Å². The SMILES string of the molecule is CCOC(=O)C1CCN(C(=O)CN(C)C(=O)C2CCCN(S(=O)(=O)c3c(C)noc3C)C2)CC1. The molecule has 0 aromatic carbocycles. The molecule has 2 saturated heterocycles. The monoisotopic (exact) mass is 498 g/mol. The van der Waals surface area contributed by atoms with E-state index in [4.69, 9.17) is 9.26 Å². The number of carbonyl (C=O) groups excluding carboxylic acids is 3. The molecule has 0 aliphatic carbocycles. The number of aromatic nitrogens is 1. The van der Waals surface area contributed by atoms with Gasteiger partial charge in [0.15, 0.2) is 5.76 Å². The lowest BCUT2D eigenvalue weighted by Crippen LogP contribution is -2.49. The van der Waals surface area contributed by atoms with Crippen molar-refractivity contribution in [2.45, 2.75) is 51.3 Å². The predicted molar refractivity (Wildman–Crippen MR) is 121 cm³/mol. The van der Waals surface area contributed by atoms with E-state index in [-0.39, 0.29) is 47.4 Å². The van der Waals surface area contributed by atoms with Gasteiger partial charge >= 0.3 is 5.97 Å². The molecule has 2 aliphatic heterocycles. The first-order valence-electron chi connectivity index (χ1n) is 11.7. The highest BCUT2D eigenvalue weighted by atomic mass is 32.2. The second kappa shape index (κ2) is 10.9. The summed E-state index contributed by atoms with van der Waals surface area (Å²) in [6.07, 6.45) is 2.18. The van der Waals surface area contributed by atoms with Crippen LogP contribution < -0.4 is 0 Å². The summed E-state index contributed by atoms with van der Waals surface area (Å²) in [6.45, 7) is 6.39. The van der Waals surface area contributed by atoms with E-state index in [2.05, 4.69) is 5.16 Å². The lowest BCUT2D eigenvalue weighted by molar-refractivity contribution is -0.151. The van der Waals surface area contributed by atoms with Gasteiger partial charge in [0.2, 0.25) is 21.8 Å². The van der Waals surface area contributed by atoms with E-state index >= 15 is 0 Å². The highest BCUT2D eigenvalue weighted by Gasteiger charge is 2.38. The molecule has 3 rings (SSSR count). The lowest BCUT2D eigenvalue weighted by Gasteiger charge is -2.34. The zero-order chi connectivity index (χ0) is 25.0. The average Bonchev–Trinajstić information content (AvgIpc) is 3.17. The van der Waals surface area contributed by atoms with Crippen molar-refractivity contribution in [1.29, 1.82) is 0 Å². The summed E-state index contributed by atoms with van der Waals surface area (Å²) < 4.78 is 37.7. The Morgan fingerprint density at radius 1 is 1.12 bits per heavy atom. The number of rotatable bonds is 7. The third-order valence-electron chi connectivity index (χ3n) is 6.52. The summed E-state index contributed by atoms with van der Waals surface area (Å²) in [5, 5.41) is 3.74. The van der Waals surface area contributed by atoms with Crippen LogP contribution in [0.2, 0.25) is 0 Å². The highest BCUT2D eigenvalue weighted by Crippen LogP contribution is 2.28. The van der Waals surface area contributed by atoms with Crippen molar-refractivity contribution in [3.05, 3.63) is 11.5 Å². The molecule has 2 fully saturated rings. The number of esters is 1. The van der Waals surface area contributed by atoms with Crippen LogP contribution in [0.15, 0.2) is 9.42 Å². The van der Waals surface area contributed by atoms with E-state index in [0.717, 1.165) is 0 Å². The molecule has 0 saturated carbocycles. The summed E-state index contributed by atoms with van der Waals surface area (Å²) in [7, 11) is -2.27. The molecule has 12 heteroatoms. The van der Waals surface area contributed by atoms with Crippen LogP contribution in [-0.4, -0.2) is 91.8 Å². The molecule has 1 aromatic heterocycles. The Morgan fingerprint density at radius 2 is 1.79 bits per heavy atom. The van der Waals surface area contributed by atoms with Gasteiger partial charge in [-0.3, -0.25) is 14.4 Å². The number of likely N-dealkylation sites (N-methyl/N-ethyl adjacent to an activating group) is 1. The molecule has 3 heterocycles. The first-order valence-corrected chi connectivity index (χ1v) is 13.1. The van der Waals surface area contributed by atoms with E-state index in [9.17, 15) is 22.8 Å². The van der Waals surface area contributed by atoms with Gasteiger partial charge in [0, 0.05) is 33.2 Å². The smallest absolute Gasteiger partial charge is 0.309 e. The molecule has 34 heavy (non-hydrogen) atoms. The minimum Gasteiger partial charge on any atom is -0.466 e. The maximum atomic E-state index is 13.1. The van der Waals surface area contributed by atoms with Gasteiger partial charge in [0.25, 0.3) is 0 Å². The van der Waals surface area contributed by atoms with Crippen LogP contribution in [0.25, 0.3) is 0 Å². The maximum absolute atomic E-state index is 13.1. The molecule has 0 bridgehead atoms. The van der Waals surface area contributed by atoms with Crippen LogP contribution in [0.5, 0.6) is 0 Å². The van der Waals surface area contributed by atoms with Crippen molar-refractivity contribution >= 4 is 27.8 Å². The van der Waals surface area contributed by atoms with Crippen LogP contribution in [0.1, 0.15) is 44.1 Å². The predicted octanol–water partition coefficient (Wildman–Crippen LogP) is 0.952. The molecular weight excluding hydrogens is 464 g/mol. The van der Waals surface area contributed by atoms with Crippen LogP contribution in [0.4, 0.5) is 0 Å². The highest BCUT2D eigenvalue weighted by molar-refractivity contribution is 7.89. The largest absolute Gasteiger partial charge is 0.466 e. The van der Waals surface area contributed by atoms with E-state index in [1.807, 2.05) is 0 Å². The van der Waals surface area contributed by atoms with Crippen molar-refractivity contribution in [2.24, 2.45) is 11.8 Å². The number of hydrogen-bond acceptors (Lipinski definition) is 8. The van der Waals surface area contributed by atoms with E-state index in [1.54, 1.807) is 32.7 Å². The van der Waals surface area contributed by atoms with Gasteiger partial charge in [-0.15, -0.1) is 0 Å². The number of sulfonamides is 1. The number of carbonyl (C=O) groups is 3. The minimum absolute atomic E-state index is 0.0503. The van der Waals surface area contributed by atoms with Crippen LogP contribution in [0, 0.1) is 25.7 Å². The number of amides is 2. The fraction of sp³-hybridized carbons (Fsp3) is 0.727. The van der Waals surface area contributed by atoms with E-state index < -0.39 is 15.9 Å². The molecular formula is C22H34N4O7S. The summed E-state index contributed by atoms with van der Waals surface area (Å²) in [5.41, 5.74) is 0.292. The van der Waals surface area contributed by atoms with E-state index in [1.165, 1.54) is 9.21 Å². The Balaban J connectivity index is 1.56. The van der Waals surface area contributed by atoms with Crippen molar-refractivity contribution in [1.82, 2.24) is 19.3 Å². The molecule has 0 N–H and O–H groups in total. The van der Waals surface area contributed by atoms with Crippen molar-refractivity contribution in [3.8, 4) is 0 Å². The fourth-order valence-corrected chi connectivity index (χ4v) is 6.47. The Hall–Kier alpha value is -2.47. The zero-order valence-electron chi connectivity index (χ0n) is 20.3. The van der Waals surface area contributed by atoms with E-state index in [0.29, 0.717) is 57.6 Å². The van der Waals surface area contributed by atoms with Gasteiger partial charge in [-0.25, -0.2) is 8.42 Å². The quantitative estimate of drug-likeness (QED) is 0.508. The molecule has 2 amide bonds. The van der Waals surface area contributed by atoms with Gasteiger partial charge in [-0.2, -0.15) is 4.31 Å². The maximum Gasteiger partial charge on any atom is 0.309 e. The molecule has 1 atom stereocenters. The molecule has 1 aromatic rings. The molecule has 190 valence electrons. The number of nitrogens with zero attached hydrogens (tertiary/aromatic N) is 4. The third kappa shape index (κ3) is 5.60. The molecule has 1 unspecified atom stereocenters. The standard InChI is InChI=1S/C22H34N4O7S/c1-5-32-22(29)17-8-11-25(12-9-17)19(27)14-24(4)21(28)18-7-6-10-26(13-18)34(30,31)20-15(2)23-33-16(20)3/h17-18H,5-14H2,1-4H3. The van der Waals surface area contributed by atoms with Crippen LogP contribution in [0.3, 0.4) is 0 Å². The number of aryl methyl sites for hydroxylation is 2.